The number of methoxy groups -OCH3 is 1. The monoisotopic (exact) mass is 1170 g/mol. The van der Waals surface area contributed by atoms with Gasteiger partial charge in [-0.05, 0) is 55.7 Å². The van der Waals surface area contributed by atoms with E-state index in [9.17, 15) is 33.9 Å². The van der Waals surface area contributed by atoms with Crippen molar-refractivity contribution in [3.8, 4) is 0 Å². The second-order valence-corrected chi connectivity index (χ2v) is 21.7. The number of carbonyl (C=O) groups excluding carboxylic acids is 4. The van der Waals surface area contributed by atoms with Gasteiger partial charge in [0.1, 0.15) is 55.5 Å². The summed E-state index contributed by atoms with van der Waals surface area (Å²) < 4.78 is 78.4. The van der Waals surface area contributed by atoms with E-state index >= 15 is 0 Å². The number of benzene rings is 3. The van der Waals surface area contributed by atoms with E-state index in [1.165, 1.54) is 13.2 Å². The standard InChI is InChI=1S/C62H80N4O18/c1-6-28-76-62(73)66-50-54(81-47(29-39-20-12-8-13-21-39)58(71)79-35-42-26-18-11-19-27-42)51(68)48(36-75-7-2)83-59(50)82-46-31-43(57(70)74-5)30-44(63-56(69)45-32-49(67)65-61(72)64-45)53(46)84-60-55(78-34-41-24-16-10-17-25-41)52(37(3)38(4)80-60)77-33-40-22-14-9-15-23-40/h6,9-11,14-19,22-27,32,37-39,43-44,46-48,50-55,59-60,68H,1,7-8,12-13,20-21,28-31,33-36H2,2-5H3,(H,63,69)(H,66,73)(H2,64,65,67,72)/t37-,38?,43?,44?,46-,47+,48+,50?,51+,52+,53-,54?,55?,59-,60+/m1/s1/i2T. The van der Waals surface area contributed by atoms with Crippen LogP contribution < -0.4 is 21.9 Å². The molecule has 5 N–H and O–H groups in total. The molecule has 6 unspecified atom stereocenters. The molecular formula is C62H80N4O18. The van der Waals surface area contributed by atoms with Crippen molar-refractivity contribution in [2.75, 3.05) is 26.9 Å². The van der Waals surface area contributed by atoms with Crippen LogP contribution >= 0.6 is 0 Å². The second-order valence-electron chi connectivity index (χ2n) is 21.7. The minimum Gasteiger partial charge on any atom is -0.469 e. The predicted octanol–water partition coefficient (Wildman–Crippen LogP) is 5.94. The fourth-order valence-corrected chi connectivity index (χ4v) is 11.3. The molecule has 0 bridgehead atoms. The van der Waals surface area contributed by atoms with E-state index in [0.717, 1.165) is 54.9 Å². The minimum absolute atomic E-state index is 0.0402. The third kappa shape index (κ3) is 17.5. The molecule has 2 saturated carbocycles. The van der Waals surface area contributed by atoms with Gasteiger partial charge in [0.15, 0.2) is 18.7 Å². The Morgan fingerprint density at radius 3 is 2.07 bits per heavy atom. The normalized spacial score (nSPS) is 28.6. The Balaban J connectivity index is 1.21. The van der Waals surface area contributed by atoms with Gasteiger partial charge in [0, 0.05) is 20.0 Å². The molecule has 4 aliphatic rings. The number of rotatable bonds is 26. The fourth-order valence-electron chi connectivity index (χ4n) is 11.3. The van der Waals surface area contributed by atoms with Gasteiger partial charge in [0.05, 0.1) is 57.2 Å². The molecule has 3 heterocycles. The Morgan fingerprint density at radius 1 is 0.786 bits per heavy atom. The highest BCUT2D eigenvalue weighted by Gasteiger charge is 2.54. The number of H-pyrrole nitrogens is 2. The van der Waals surface area contributed by atoms with Gasteiger partial charge in [-0.15, -0.1) is 0 Å². The number of aromatic nitrogens is 2. The summed E-state index contributed by atoms with van der Waals surface area (Å²) in [5.74, 6) is -3.63. The summed E-state index contributed by atoms with van der Waals surface area (Å²) in [7, 11) is 1.20. The lowest BCUT2D eigenvalue weighted by atomic mass is 9.81. The van der Waals surface area contributed by atoms with Crippen LogP contribution in [0.5, 0.6) is 0 Å². The number of aliphatic hydroxyl groups excluding tert-OH is 1. The number of hydrogen-bond acceptors (Lipinski definition) is 18. The van der Waals surface area contributed by atoms with E-state index in [-0.39, 0.29) is 77.6 Å². The summed E-state index contributed by atoms with van der Waals surface area (Å²) in [4.78, 5) is 86.4. The molecule has 2 saturated heterocycles. The molecule has 22 heteroatoms. The largest absolute Gasteiger partial charge is 0.469 e. The lowest BCUT2D eigenvalue weighted by Gasteiger charge is -2.50. The molecule has 15 atom stereocenters. The van der Waals surface area contributed by atoms with Gasteiger partial charge in [0.25, 0.3) is 11.5 Å². The predicted molar refractivity (Wildman–Crippen MR) is 303 cm³/mol. The first-order valence-electron chi connectivity index (χ1n) is 29.5. The van der Waals surface area contributed by atoms with Crippen molar-refractivity contribution in [3.05, 3.63) is 153 Å². The number of hydrogen-bond donors (Lipinski definition) is 5. The zero-order valence-electron chi connectivity index (χ0n) is 48.8. The molecule has 0 spiro atoms. The Bertz CT molecular complexity index is 2830. The molecule has 4 aromatic rings. The lowest BCUT2D eigenvalue weighted by molar-refractivity contribution is -0.339. The van der Waals surface area contributed by atoms with Gasteiger partial charge in [-0.3, -0.25) is 19.4 Å². The molecule has 0 radical (unpaired) electrons. The molecule has 4 fully saturated rings. The maximum absolute atomic E-state index is 14.5. The van der Waals surface area contributed by atoms with Crippen LogP contribution in [0.15, 0.2) is 119 Å². The number of nitrogens with one attached hydrogen (secondary N) is 4. The van der Waals surface area contributed by atoms with E-state index in [2.05, 4.69) is 27.2 Å². The molecule has 3 aromatic carbocycles. The molecule has 1 aromatic heterocycles. The van der Waals surface area contributed by atoms with Crippen molar-refractivity contribution in [1.82, 2.24) is 20.6 Å². The zero-order valence-corrected chi connectivity index (χ0v) is 47.8. The van der Waals surface area contributed by atoms with Gasteiger partial charge >= 0.3 is 23.7 Å². The SMILES string of the molecule is [3H]CCOC[C@@H]1O[C@@H](O[C@@H]2CC(C(=O)OC)CC(NC(=O)c3cc(=O)[nH]c(=O)[nH]3)[C@H]2O[C@@H]2OC(C)[C@@H](C)[C@H](OCc3ccccc3)C2OCc2ccccc2)C(NC(=O)OCC=C)C(O[C@@H](CC2CCCCC2)C(=O)OCc2ccccc2)[C@H]1O. The van der Waals surface area contributed by atoms with Crippen molar-refractivity contribution in [2.45, 2.75) is 172 Å². The first-order valence-corrected chi connectivity index (χ1v) is 28.8. The number of aliphatic hydroxyl groups is 1. The average molecular weight is 1170 g/mol. The number of carbonyl (C=O) groups is 4. The van der Waals surface area contributed by atoms with Crippen molar-refractivity contribution in [3.63, 3.8) is 0 Å². The smallest absolute Gasteiger partial charge is 0.407 e. The Morgan fingerprint density at radius 2 is 1.44 bits per heavy atom. The number of alkyl carbamates (subject to hydrolysis) is 1. The highest BCUT2D eigenvalue weighted by molar-refractivity contribution is 5.92. The van der Waals surface area contributed by atoms with Gasteiger partial charge in [-0.25, -0.2) is 14.4 Å². The highest BCUT2D eigenvalue weighted by Crippen LogP contribution is 2.39. The van der Waals surface area contributed by atoms with Crippen LogP contribution in [0.2, 0.25) is 0 Å². The van der Waals surface area contributed by atoms with Crippen molar-refractivity contribution < 1.29 is 77.8 Å². The first-order chi connectivity index (χ1) is 41.2. The van der Waals surface area contributed by atoms with Gasteiger partial charge < -0.3 is 72.8 Å². The van der Waals surface area contributed by atoms with Gasteiger partial charge in [0.2, 0.25) is 0 Å². The van der Waals surface area contributed by atoms with E-state index in [1.54, 1.807) is 0 Å². The third-order valence-corrected chi connectivity index (χ3v) is 15.8. The van der Waals surface area contributed by atoms with Crippen LogP contribution in [0.25, 0.3) is 0 Å². The van der Waals surface area contributed by atoms with Gasteiger partial charge in [-0.1, -0.05) is 143 Å². The number of ether oxygens (including phenoxy) is 11. The van der Waals surface area contributed by atoms with Crippen LogP contribution in [0.3, 0.4) is 0 Å². The Labute approximate surface area is 489 Å². The highest BCUT2D eigenvalue weighted by atomic mass is 16.7. The molecule has 22 nitrogen and oxygen atoms in total. The van der Waals surface area contributed by atoms with Crippen molar-refractivity contribution in [2.24, 2.45) is 17.8 Å². The summed E-state index contributed by atoms with van der Waals surface area (Å²) in [6.45, 7) is 6.96. The number of aromatic amines is 2. The molecule has 8 rings (SSSR count). The molecule has 2 amide bonds. The van der Waals surface area contributed by atoms with E-state index in [4.69, 9.17) is 53.5 Å². The molecule has 456 valence electrons. The summed E-state index contributed by atoms with van der Waals surface area (Å²) >= 11 is 0. The number of amides is 2. The molecule has 84 heavy (non-hydrogen) atoms. The second kappa shape index (κ2) is 31.5. The van der Waals surface area contributed by atoms with E-state index < -0.39 is 126 Å². The van der Waals surface area contributed by atoms with Crippen LogP contribution in [-0.4, -0.2) is 146 Å². The Hall–Kier alpha value is -6.60. The Kier molecular flexibility index (Phi) is 23.2. The minimum atomic E-state index is -1.68. The summed E-state index contributed by atoms with van der Waals surface area (Å²) in [5.41, 5.74) is 0.232. The van der Waals surface area contributed by atoms with Crippen LogP contribution in [0.4, 0.5) is 4.79 Å². The average Bonchev–Trinajstić information content (AvgIpc) is 2.50. The van der Waals surface area contributed by atoms with E-state index in [1.807, 2.05) is 105 Å². The summed E-state index contributed by atoms with van der Waals surface area (Å²) in [6.07, 6.45) is -8.98. The maximum Gasteiger partial charge on any atom is 0.407 e. The van der Waals surface area contributed by atoms with Crippen molar-refractivity contribution in [1.29, 1.82) is 0 Å². The first kappa shape index (κ1) is 61.9. The number of esters is 2. The van der Waals surface area contributed by atoms with Gasteiger partial charge in [-0.2, -0.15) is 0 Å². The summed E-state index contributed by atoms with van der Waals surface area (Å²) in [5, 5.41) is 18.1. The maximum atomic E-state index is 14.5. The van der Waals surface area contributed by atoms with Crippen molar-refractivity contribution >= 4 is 23.9 Å². The zero-order chi connectivity index (χ0) is 60.2. The van der Waals surface area contributed by atoms with Crippen LogP contribution in [0.1, 0.15) is 101 Å². The molecule has 2 aliphatic heterocycles. The fraction of sp³-hybridized carbons (Fsp3) is 0.548. The molecule has 2 aliphatic carbocycles. The van der Waals surface area contributed by atoms with E-state index in [0.29, 0.717) is 0 Å². The topological polar surface area (TPSA) is 280 Å². The third-order valence-electron chi connectivity index (χ3n) is 15.8. The molecular weight excluding hydrogens is 1090 g/mol. The lowest BCUT2D eigenvalue weighted by Crippen LogP contribution is -2.68. The quantitative estimate of drug-likeness (QED) is 0.0211. The summed E-state index contributed by atoms with van der Waals surface area (Å²) in [6, 6.07) is 26.3. The van der Waals surface area contributed by atoms with Crippen LogP contribution in [-0.2, 0) is 81.5 Å². The van der Waals surface area contributed by atoms with Crippen LogP contribution in [0, 0.1) is 17.8 Å².